The number of aliphatic hydroxyl groups is 1. The minimum absolute atomic E-state index is 0.281. The second kappa shape index (κ2) is 8.59. The lowest BCUT2D eigenvalue weighted by Gasteiger charge is -2.20. The maximum absolute atomic E-state index is 13.4. The summed E-state index contributed by atoms with van der Waals surface area (Å²) in [5.41, 5.74) is 5.01. The molecule has 0 radical (unpaired) electrons. The van der Waals surface area contributed by atoms with Gasteiger partial charge in [0.05, 0.1) is 6.10 Å². The summed E-state index contributed by atoms with van der Waals surface area (Å²) in [7, 11) is 0. The Labute approximate surface area is 174 Å². The van der Waals surface area contributed by atoms with Crippen molar-refractivity contribution in [3.8, 4) is 11.1 Å². The van der Waals surface area contributed by atoms with E-state index in [4.69, 9.17) is 0 Å². The molecule has 3 aromatic rings. The number of halogens is 1. The number of alkyl halides is 1. The highest BCUT2D eigenvalue weighted by Gasteiger charge is 2.21. The lowest BCUT2D eigenvalue weighted by atomic mass is 10.00. The molecule has 0 aliphatic carbocycles. The van der Waals surface area contributed by atoms with Crippen molar-refractivity contribution >= 4 is 17.3 Å². The quantitative estimate of drug-likeness (QED) is 0.675. The van der Waals surface area contributed by atoms with Crippen LogP contribution in [0.4, 0.5) is 15.8 Å². The van der Waals surface area contributed by atoms with Gasteiger partial charge in [-0.2, -0.15) is 0 Å². The van der Waals surface area contributed by atoms with Gasteiger partial charge in [0.15, 0.2) is 0 Å². The molecule has 0 unspecified atom stereocenters. The Morgan fingerprint density at radius 3 is 2.73 bits per heavy atom. The van der Waals surface area contributed by atoms with Crippen molar-refractivity contribution in [2.24, 2.45) is 0 Å². The Hall–Kier alpha value is -3.32. The van der Waals surface area contributed by atoms with Crippen molar-refractivity contribution in [2.75, 3.05) is 23.3 Å². The molecule has 7 heteroatoms. The van der Waals surface area contributed by atoms with Gasteiger partial charge in [0.1, 0.15) is 13.0 Å². The van der Waals surface area contributed by atoms with Gasteiger partial charge in [-0.3, -0.25) is 4.79 Å². The number of aryl methyl sites for hydroxylation is 1. The monoisotopic (exact) mass is 406 g/mol. The number of nitrogens with one attached hydrogen (secondary N) is 1. The Morgan fingerprint density at radius 1 is 1.23 bits per heavy atom. The number of hydrogen-bond donors (Lipinski definition) is 2. The molecule has 1 saturated heterocycles. The van der Waals surface area contributed by atoms with Gasteiger partial charge in [-0.05, 0) is 60.4 Å². The highest BCUT2D eigenvalue weighted by molar-refractivity contribution is 6.05. The van der Waals surface area contributed by atoms with E-state index < -0.39 is 6.67 Å². The van der Waals surface area contributed by atoms with E-state index in [-0.39, 0.29) is 12.0 Å². The number of benzene rings is 2. The average Bonchev–Trinajstić information content (AvgIpc) is 3.20. The molecule has 30 heavy (non-hydrogen) atoms. The van der Waals surface area contributed by atoms with Gasteiger partial charge in [-0.1, -0.05) is 6.07 Å². The number of nitrogens with zero attached hydrogens (tertiary/aromatic N) is 3. The molecule has 0 spiro atoms. The molecule has 2 N–H and O–H groups in total. The first-order valence-electron chi connectivity index (χ1n) is 9.84. The zero-order chi connectivity index (χ0) is 21.1. The van der Waals surface area contributed by atoms with Crippen LogP contribution in [0.1, 0.15) is 27.9 Å². The lowest BCUT2D eigenvalue weighted by molar-refractivity contribution is 0.102. The molecule has 1 atom stereocenters. The second-order valence-electron chi connectivity index (χ2n) is 7.52. The van der Waals surface area contributed by atoms with E-state index in [2.05, 4.69) is 15.3 Å². The zero-order valence-corrected chi connectivity index (χ0v) is 16.7. The molecule has 1 fully saturated rings. The summed E-state index contributed by atoms with van der Waals surface area (Å²) in [6.45, 7) is 2.54. The number of aliphatic hydroxyl groups excluding tert-OH is 1. The number of β-amino-alcohol motifs (C(OH)–C–C–N with tert-alkyl or cyclic N) is 1. The van der Waals surface area contributed by atoms with Crippen molar-refractivity contribution in [3.63, 3.8) is 0 Å². The summed E-state index contributed by atoms with van der Waals surface area (Å²) in [6, 6.07) is 10.7. The summed E-state index contributed by atoms with van der Waals surface area (Å²) in [5, 5.41) is 12.7. The van der Waals surface area contributed by atoms with E-state index in [1.165, 1.54) is 6.33 Å². The van der Waals surface area contributed by atoms with Crippen LogP contribution in [0.2, 0.25) is 0 Å². The zero-order valence-electron chi connectivity index (χ0n) is 16.7. The summed E-state index contributed by atoms with van der Waals surface area (Å²) in [6.07, 6.45) is 5.17. The standard InChI is InChI=1S/C23H23FN4O2/c1-15-2-3-17(8-22(15)18-11-25-14-26-12-18)23(30)27-19-6-16(10-24)7-20(9-19)28-5-4-21(29)13-28/h2-3,6-9,11-12,14,21,29H,4-5,10,13H2,1H3,(H,27,30)/t21-/m0/s1. The number of aromatic nitrogens is 2. The third kappa shape index (κ3) is 4.31. The topological polar surface area (TPSA) is 78.4 Å². The van der Waals surface area contributed by atoms with Crippen molar-refractivity contribution in [2.45, 2.75) is 26.1 Å². The molecule has 1 aromatic heterocycles. The van der Waals surface area contributed by atoms with Crippen molar-refractivity contribution in [1.29, 1.82) is 0 Å². The Bertz CT molecular complexity index is 1060. The fourth-order valence-corrected chi connectivity index (χ4v) is 3.70. The van der Waals surface area contributed by atoms with Crippen LogP contribution in [0.5, 0.6) is 0 Å². The van der Waals surface area contributed by atoms with Crippen LogP contribution in [0.15, 0.2) is 55.1 Å². The number of carbonyl (C=O) groups excluding carboxylic acids is 1. The summed E-state index contributed by atoms with van der Waals surface area (Å²) in [5.74, 6) is -0.281. The predicted molar refractivity (Wildman–Crippen MR) is 114 cm³/mol. The number of carbonyl (C=O) groups is 1. The van der Waals surface area contributed by atoms with E-state index in [0.717, 1.165) is 22.4 Å². The lowest BCUT2D eigenvalue weighted by Crippen LogP contribution is -2.21. The highest BCUT2D eigenvalue weighted by atomic mass is 19.1. The molecular formula is C23H23FN4O2. The van der Waals surface area contributed by atoms with Crippen molar-refractivity contribution < 1.29 is 14.3 Å². The second-order valence-corrected chi connectivity index (χ2v) is 7.52. The van der Waals surface area contributed by atoms with Crippen LogP contribution < -0.4 is 10.2 Å². The minimum Gasteiger partial charge on any atom is -0.391 e. The summed E-state index contributed by atoms with van der Waals surface area (Å²) >= 11 is 0. The van der Waals surface area contributed by atoms with Gasteiger partial charge in [-0.25, -0.2) is 14.4 Å². The smallest absolute Gasteiger partial charge is 0.255 e. The molecular weight excluding hydrogens is 383 g/mol. The van der Waals surface area contributed by atoms with Crippen LogP contribution in [-0.4, -0.2) is 40.2 Å². The largest absolute Gasteiger partial charge is 0.391 e. The molecule has 1 amide bonds. The number of amides is 1. The third-order valence-corrected chi connectivity index (χ3v) is 5.29. The maximum Gasteiger partial charge on any atom is 0.255 e. The molecule has 0 bridgehead atoms. The Kier molecular flexibility index (Phi) is 5.72. The molecule has 2 aromatic carbocycles. The molecule has 154 valence electrons. The van der Waals surface area contributed by atoms with Crippen molar-refractivity contribution in [3.05, 3.63) is 71.8 Å². The molecule has 0 saturated carbocycles. The fourth-order valence-electron chi connectivity index (χ4n) is 3.70. The number of rotatable bonds is 5. The molecule has 1 aliphatic rings. The van der Waals surface area contributed by atoms with E-state index in [1.807, 2.05) is 24.0 Å². The molecule has 6 nitrogen and oxygen atoms in total. The first-order valence-corrected chi connectivity index (χ1v) is 9.84. The van der Waals surface area contributed by atoms with E-state index in [1.54, 1.807) is 36.7 Å². The van der Waals surface area contributed by atoms with Crippen LogP contribution in [0.3, 0.4) is 0 Å². The van der Waals surface area contributed by atoms with E-state index in [9.17, 15) is 14.3 Å². The van der Waals surface area contributed by atoms with Gasteiger partial charge in [0.25, 0.3) is 5.91 Å². The average molecular weight is 406 g/mol. The summed E-state index contributed by atoms with van der Waals surface area (Å²) < 4.78 is 13.4. The molecule has 4 rings (SSSR count). The number of hydrogen-bond acceptors (Lipinski definition) is 5. The minimum atomic E-state index is -0.629. The maximum atomic E-state index is 13.4. The van der Waals surface area contributed by atoms with Gasteiger partial charge in [0, 0.05) is 48.0 Å². The van der Waals surface area contributed by atoms with Crippen LogP contribution in [-0.2, 0) is 6.67 Å². The highest BCUT2D eigenvalue weighted by Crippen LogP contribution is 2.28. The predicted octanol–water partition coefficient (Wildman–Crippen LogP) is 3.74. The fraction of sp³-hybridized carbons (Fsp3) is 0.261. The first kappa shape index (κ1) is 20.0. The normalized spacial score (nSPS) is 16.0. The van der Waals surface area contributed by atoms with Gasteiger partial charge < -0.3 is 15.3 Å². The van der Waals surface area contributed by atoms with Gasteiger partial charge in [-0.15, -0.1) is 0 Å². The van der Waals surface area contributed by atoms with Crippen LogP contribution >= 0.6 is 0 Å². The Morgan fingerprint density at radius 2 is 2.03 bits per heavy atom. The van der Waals surface area contributed by atoms with Gasteiger partial charge >= 0.3 is 0 Å². The molecule has 2 heterocycles. The van der Waals surface area contributed by atoms with E-state index >= 15 is 0 Å². The van der Waals surface area contributed by atoms with Crippen molar-refractivity contribution in [1.82, 2.24) is 9.97 Å². The third-order valence-electron chi connectivity index (χ3n) is 5.29. The first-order chi connectivity index (χ1) is 14.5. The number of anilines is 2. The summed E-state index contributed by atoms with van der Waals surface area (Å²) in [4.78, 5) is 23.0. The van der Waals surface area contributed by atoms with Crippen LogP contribution in [0.25, 0.3) is 11.1 Å². The van der Waals surface area contributed by atoms with E-state index in [0.29, 0.717) is 36.3 Å². The van der Waals surface area contributed by atoms with Crippen LogP contribution in [0, 0.1) is 6.92 Å². The Balaban J connectivity index is 1.60. The van der Waals surface area contributed by atoms with Gasteiger partial charge in [0.2, 0.25) is 0 Å². The molecule has 1 aliphatic heterocycles. The SMILES string of the molecule is Cc1ccc(C(=O)Nc2cc(CF)cc(N3CC[C@H](O)C3)c2)cc1-c1cncnc1.